The summed E-state index contributed by atoms with van der Waals surface area (Å²) in [6, 6.07) is 0. The Labute approximate surface area is 122 Å². The topological polar surface area (TPSA) is 60.4 Å². The van der Waals surface area contributed by atoms with Gasteiger partial charge in [0, 0.05) is 6.42 Å². The van der Waals surface area contributed by atoms with Gasteiger partial charge in [0.1, 0.15) is 0 Å². The molecule has 0 unspecified atom stereocenters. The highest BCUT2D eigenvalue weighted by atomic mass is 16.6. The average Bonchev–Trinajstić information content (AvgIpc) is 2.44. The summed E-state index contributed by atoms with van der Waals surface area (Å²) in [5, 5.41) is 0. The first-order valence-electron chi connectivity index (χ1n) is 7.90. The van der Waals surface area contributed by atoms with Gasteiger partial charge < -0.3 is 4.74 Å². The maximum absolute atomic E-state index is 11.1. The van der Waals surface area contributed by atoms with Crippen molar-refractivity contribution in [2.24, 2.45) is 0 Å². The zero-order valence-electron chi connectivity index (χ0n) is 12.7. The highest BCUT2D eigenvalue weighted by Gasteiger charge is 2.08. The lowest BCUT2D eigenvalue weighted by Crippen LogP contribution is -2.12. The van der Waals surface area contributed by atoms with Gasteiger partial charge in [-0.2, -0.15) is 0 Å². The smallest absolute Gasteiger partial charge is 0.378 e. The van der Waals surface area contributed by atoms with Crippen molar-refractivity contribution in [3.05, 3.63) is 0 Å². The molecule has 0 radical (unpaired) electrons. The van der Waals surface area contributed by atoms with Crippen LogP contribution >= 0.6 is 0 Å². The van der Waals surface area contributed by atoms with Crippen molar-refractivity contribution < 1.29 is 19.1 Å². The maximum Gasteiger partial charge on any atom is 0.378 e. The van der Waals surface area contributed by atoms with Crippen molar-refractivity contribution in [3.63, 3.8) is 0 Å². The van der Waals surface area contributed by atoms with Crippen LogP contribution in [0.2, 0.25) is 0 Å². The van der Waals surface area contributed by atoms with Crippen molar-refractivity contribution in [2.45, 2.75) is 84.0 Å². The van der Waals surface area contributed by atoms with E-state index in [4.69, 9.17) is 0 Å². The van der Waals surface area contributed by atoms with E-state index in [0.29, 0.717) is 0 Å². The minimum absolute atomic E-state index is 0.0123. The molecule has 0 atom stereocenters. The molecule has 0 aliphatic carbocycles. The molecule has 0 aliphatic rings. The Hall–Kier alpha value is -1.19. The highest BCUT2D eigenvalue weighted by molar-refractivity contribution is 6.22. The summed E-state index contributed by atoms with van der Waals surface area (Å²) in [4.78, 5) is 31.6. The van der Waals surface area contributed by atoms with Crippen LogP contribution < -0.4 is 0 Å². The molecule has 0 rings (SSSR count). The molecular formula is C16H28O4. The lowest BCUT2D eigenvalue weighted by molar-refractivity contribution is -0.161. The van der Waals surface area contributed by atoms with E-state index in [1.807, 2.05) is 0 Å². The van der Waals surface area contributed by atoms with E-state index in [1.54, 1.807) is 0 Å². The van der Waals surface area contributed by atoms with E-state index in [9.17, 15) is 14.4 Å². The summed E-state index contributed by atoms with van der Waals surface area (Å²) in [6.45, 7) is 2.23. The molecule has 0 fully saturated rings. The second kappa shape index (κ2) is 14.2. The lowest BCUT2D eigenvalue weighted by Gasteiger charge is -2.02. The molecule has 0 aromatic rings. The van der Waals surface area contributed by atoms with Crippen molar-refractivity contribution in [1.82, 2.24) is 0 Å². The van der Waals surface area contributed by atoms with Gasteiger partial charge in [-0.3, -0.25) is 9.59 Å². The van der Waals surface area contributed by atoms with Gasteiger partial charge in [0.2, 0.25) is 6.29 Å². The van der Waals surface area contributed by atoms with Crippen LogP contribution in [0.4, 0.5) is 0 Å². The Balaban J connectivity index is 3.18. The summed E-state index contributed by atoms with van der Waals surface area (Å²) in [6.07, 6.45) is 13.5. The molecule has 4 heteroatoms. The van der Waals surface area contributed by atoms with Crippen LogP contribution in [0, 0.1) is 0 Å². The van der Waals surface area contributed by atoms with E-state index >= 15 is 0 Å². The van der Waals surface area contributed by atoms with Crippen LogP contribution in [-0.2, 0) is 19.1 Å². The number of esters is 2. The second-order valence-corrected chi connectivity index (χ2v) is 5.20. The summed E-state index contributed by atoms with van der Waals surface area (Å²) < 4.78 is 4.25. The molecule has 0 N–H and O–H groups in total. The molecule has 0 aliphatic heterocycles. The van der Waals surface area contributed by atoms with E-state index in [1.165, 1.54) is 51.4 Å². The number of carbonyl (C=O) groups is 3. The van der Waals surface area contributed by atoms with E-state index < -0.39 is 11.9 Å². The molecule has 0 amide bonds. The molecular weight excluding hydrogens is 256 g/mol. The van der Waals surface area contributed by atoms with Crippen LogP contribution in [0.3, 0.4) is 0 Å². The zero-order chi connectivity index (χ0) is 15.1. The Bertz CT molecular complexity index is 274. The molecule has 0 heterocycles. The first-order chi connectivity index (χ1) is 9.70. The lowest BCUT2D eigenvalue weighted by atomic mass is 10.1. The largest absolute Gasteiger partial charge is 0.387 e. The quantitative estimate of drug-likeness (QED) is 0.169. The Kier molecular flexibility index (Phi) is 13.4. The van der Waals surface area contributed by atoms with E-state index in [2.05, 4.69) is 11.7 Å². The number of hydrogen-bond donors (Lipinski definition) is 0. The van der Waals surface area contributed by atoms with E-state index in [0.717, 1.165) is 19.3 Å². The highest BCUT2D eigenvalue weighted by Crippen LogP contribution is 2.12. The van der Waals surface area contributed by atoms with Crippen LogP contribution in [0.1, 0.15) is 84.0 Å². The molecule has 0 saturated carbocycles. The Morgan fingerprint density at radius 1 is 0.800 bits per heavy atom. The number of rotatable bonds is 13. The molecule has 116 valence electrons. The van der Waals surface area contributed by atoms with Gasteiger partial charge in [-0.15, -0.1) is 0 Å². The van der Waals surface area contributed by atoms with Gasteiger partial charge >= 0.3 is 11.9 Å². The summed E-state index contributed by atoms with van der Waals surface area (Å²) in [7, 11) is 0. The molecule has 0 saturated heterocycles. The zero-order valence-corrected chi connectivity index (χ0v) is 12.7. The second-order valence-electron chi connectivity index (χ2n) is 5.20. The van der Waals surface area contributed by atoms with Crippen molar-refractivity contribution in [2.75, 3.05) is 0 Å². The number of hydrogen-bond acceptors (Lipinski definition) is 4. The third kappa shape index (κ3) is 13.2. The van der Waals surface area contributed by atoms with Crippen molar-refractivity contribution in [3.8, 4) is 0 Å². The minimum Gasteiger partial charge on any atom is -0.387 e. The van der Waals surface area contributed by atoms with Gasteiger partial charge in [-0.1, -0.05) is 71.1 Å². The van der Waals surface area contributed by atoms with Crippen molar-refractivity contribution in [1.29, 1.82) is 0 Å². The standard InChI is InChI=1S/C16H28O4/c1-2-3-4-5-6-7-8-9-10-11-12-13-15(18)20-16(19)14-17/h14H,2-13H2,1H3. The minimum atomic E-state index is -1.10. The maximum atomic E-state index is 11.1. The number of ether oxygens (including phenoxy) is 1. The monoisotopic (exact) mass is 284 g/mol. The fourth-order valence-electron chi connectivity index (χ4n) is 2.12. The summed E-state index contributed by atoms with van der Waals surface area (Å²) in [5.41, 5.74) is 0. The summed E-state index contributed by atoms with van der Waals surface area (Å²) in [5.74, 6) is -1.70. The first kappa shape index (κ1) is 18.8. The van der Waals surface area contributed by atoms with Gasteiger partial charge in [0.05, 0.1) is 0 Å². The van der Waals surface area contributed by atoms with E-state index in [-0.39, 0.29) is 12.7 Å². The van der Waals surface area contributed by atoms with Gasteiger partial charge in [-0.05, 0) is 6.42 Å². The van der Waals surface area contributed by atoms with Gasteiger partial charge in [-0.25, -0.2) is 4.79 Å². The average molecular weight is 284 g/mol. The van der Waals surface area contributed by atoms with Crippen LogP contribution in [0.5, 0.6) is 0 Å². The number of unbranched alkanes of at least 4 members (excludes halogenated alkanes) is 10. The predicted octanol–water partition coefficient (Wildman–Crippen LogP) is 3.96. The first-order valence-corrected chi connectivity index (χ1v) is 7.90. The summed E-state index contributed by atoms with van der Waals surface area (Å²) >= 11 is 0. The molecule has 0 aromatic heterocycles. The van der Waals surface area contributed by atoms with Crippen LogP contribution in [-0.4, -0.2) is 18.2 Å². The van der Waals surface area contributed by atoms with Gasteiger partial charge in [0.15, 0.2) is 0 Å². The molecule has 0 bridgehead atoms. The third-order valence-corrected chi connectivity index (χ3v) is 3.30. The van der Waals surface area contributed by atoms with Crippen molar-refractivity contribution >= 4 is 18.2 Å². The van der Waals surface area contributed by atoms with Crippen LogP contribution in [0.15, 0.2) is 0 Å². The Morgan fingerprint density at radius 3 is 1.70 bits per heavy atom. The third-order valence-electron chi connectivity index (χ3n) is 3.30. The molecule has 0 aromatic carbocycles. The fourth-order valence-corrected chi connectivity index (χ4v) is 2.12. The van der Waals surface area contributed by atoms with Crippen LogP contribution in [0.25, 0.3) is 0 Å². The normalized spacial score (nSPS) is 10.2. The number of carbonyl (C=O) groups excluding carboxylic acids is 3. The predicted molar refractivity (Wildman–Crippen MR) is 78.2 cm³/mol. The van der Waals surface area contributed by atoms with Gasteiger partial charge in [0.25, 0.3) is 0 Å². The molecule has 0 spiro atoms. The SMILES string of the molecule is CCCCCCCCCCCCCC(=O)OC(=O)C=O. The molecule has 20 heavy (non-hydrogen) atoms. The fraction of sp³-hybridized carbons (Fsp3) is 0.812. The number of aldehydes is 1. The Morgan fingerprint density at radius 2 is 1.25 bits per heavy atom. The molecule has 4 nitrogen and oxygen atoms in total.